The van der Waals surface area contributed by atoms with Gasteiger partial charge in [-0.1, -0.05) is 11.6 Å². The van der Waals surface area contributed by atoms with Gasteiger partial charge in [-0.25, -0.2) is 0 Å². The molecule has 0 spiro atoms. The molecule has 19 heavy (non-hydrogen) atoms. The van der Waals surface area contributed by atoms with Crippen molar-refractivity contribution >= 4 is 23.2 Å². The summed E-state index contributed by atoms with van der Waals surface area (Å²) in [6.45, 7) is 1.88. The Hall–Kier alpha value is -1.66. The Morgan fingerprint density at radius 3 is 2.79 bits per heavy atom. The average molecular weight is 287 g/mol. The fourth-order valence-electron chi connectivity index (χ4n) is 1.57. The molecular formula is C12H15ClN2O4. The number of amides is 1. The van der Waals surface area contributed by atoms with Crippen molar-refractivity contribution in [2.75, 3.05) is 6.61 Å². The first-order valence-electron chi connectivity index (χ1n) is 5.81. The van der Waals surface area contributed by atoms with Crippen LogP contribution in [-0.4, -0.2) is 28.6 Å². The van der Waals surface area contributed by atoms with Gasteiger partial charge in [0.2, 0.25) is 0 Å². The first-order valence-corrected chi connectivity index (χ1v) is 6.19. The third-order valence-electron chi connectivity index (χ3n) is 2.58. The van der Waals surface area contributed by atoms with Crippen LogP contribution in [0.2, 0.25) is 5.02 Å². The predicted octanol–water partition coefficient (Wildman–Crippen LogP) is 2.14. The standard InChI is InChI=1S/C12H15ClN2O4/c1-8(3-2-6-16)14-12(17)10-5-4-9(15(18)19)7-11(10)13/h4-5,7-8,16H,2-3,6H2,1H3,(H,14,17). The number of nitrogens with zero attached hydrogens (tertiary/aromatic N) is 1. The lowest BCUT2D eigenvalue weighted by Gasteiger charge is -2.13. The molecule has 1 atom stereocenters. The Kier molecular flexibility index (Phi) is 5.72. The molecule has 7 heteroatoms. The van der Waals surface area contributed by atoms with Crippen molar-refractivity contribution in [3.05, 3.63) is 38.9 Å². The van der Waals surface area contributed by atoms with Gasteiger partial charge in [0, 0.05) is 24.8 Å². The number of aliphatic hydroxyl groups is 1. The fourth-order valence-corrected chi connectivity index (χ4v) is 1.83. The first kappa shape index (κ1) is 15.4. The van der Waals surface area contributed by atoms with Crippen LogP contribution in [0.15, 0.2) is 18.2 Å². The molecule has 0 heterocycles. The van der Waals surface area contributed by atoms with E-state index in [2.05, 4.69) is 5.32 Å². The van der Waals surface area contributed by atoms with Crippen molar-refractivity contribution in [2.45, 2.75) is 25.8 Å². The van der Waals surface area contributed by atoms with Crippen LogP contribution in [0.4, 0.5) is 5.69 Å². The van der Waals surface area contributed by atoms with Crippen molar-refractivity contribution in [1.82, 2.24) is 5.32 Å². The third-order valence-corrected chi connectivity index (χ3v) is 2.89. The number of nitrogens with one attached hydrogen (secondary N) is 1. The van der Waals surface area contributed by atoms with E-state index in [4.69, 9.17) is 16.7 Å². The molecule has 0 fully saturated rings. The van der Waals surface area contributed by atoms with Crippen molar-refractivity contribution in [1.29, 1.82) is 0 Å². The molecule has 1 amide bonds. The van der Waals surface area contributed by atoms with Crippen LogP contribution < -0.4 is 5.32 Å². The maximum Gasteiger partial charge on any atom is 0.270 e. The van der Waals surface area contributed by atoms with Gasteiger partial charge < -0.3 is 10.4 Å². The number of hydrogen-bond acceptors (Lipinski definition) is 4. The van der Waals surface area contributed by atoms with Gasteiger partial charge in [0.15, 0.2) is 0 Å². The molecular weight excluding hydrogens is 272 g/mol. The highest BCUT2D eigenvalue weighted by molar-refractivity contribution is 6.34. The zero-order valence-electron chi connectivity index (χ0n) is 10.4. The van der Waals surface area contributed by atoms with Gasteiger partial charge >= 0.3 is 0 Å². The second kappa shape index (κ2) is 7.06. The van der Waals surface area contributed by atoms with Crippen LogP contribution in [0.25, 0.3) is 0 Å². The highest BCUT2D eigenvalue weighted by Crippen LogP contribution is 2.22. The van der Waals surface area contributed by atoms with E-state index in [1.807, 2.05) is 6.92 Å². The molecule has 1 aromatic carbocycles. The van der Waals surface area contributed by atoms with Gasteiger partial charge in [-0.2, -0.15) is 0 Å². The van der Waals surface area contributed by atoms with Crippen molar-refractivity contribution < 1.29 is 14.8 Å². The third kappa shape index (κ3) is 4.50. The van der Waals surface area contributed by atoms with Crippen molar-refractivity contribution in [3.8, 4) is 0 Å². The van der Waals surface area contributed by atoms with E-state index < -0.39 is 4.92 Å². The number of benzene rings is 1. The van der Waals surface area contributed by atoms with Crippen LogP contribution in [0.1, 0.15) is 30.1 Å². The first-order chi connectivity index (χ1) is 8.95. The Labute approximate surface area is 115 Å². The Morgan fingerprint density at radius 2 is 2.26 bits per heavy atom. The lowest BCUT2D eigenvalue weighted by Crippen LogP contribution is -2.32. The van der Waals surface area contributed by atoms with Crippen LogP contribution in [0.3, 0.4) is 0 Å². The van der Waals surface area contributed by atoms with E-state index in [0.717, 1.165) is 6.07 Å². The van der Waals surface area contributed by atoms with Gasteiger partial charge in [0.25, 0.3) is 11.6 Å². The number of aliphatic hydroxyl groups excluding tert-OH is 1. The van der Waals surface area contributed by atoms with Crippen molar-refractivity contribution in [2.24, 2.45) is 0 Å². The monoisotopic (exact) mass is 286 g/mol. The highest BCUT2D eigenvalue weighted by atomic mass is 35.5. The number of non-ortho nitro benzene ring substituents is 1. The maximum absolute atomic E-state index is 11.9. The van der Waals surface area contributed by atoms with Crippen LogP contribution >= 0.6 is 11.6 Å². The van der Waals surface area contributed by atoms with E-state index in [-0.39, 0.29) is 34.8 Å². The number of rotatable bonds is 6. The van der Waals surface area contributed by atoms with Gasteiger partial charge in [-0.15, -0.1) is 0 Å². The number of nitro benzene ring substituents is 1. The number of carbonyl (C=O) groups excluding carboxylic acids is 1. The predicted molar refractivity (Wildman–Crippen MR) is 71.4 cm³/mol. The average Bonchev–Trinajstić information content (AvgIpc) is 2.35. The molecule has 6 nitrogen and oxygen atoms in total. The SMILES string of the molecule is CC(CCCO)NC(=O)c1ccc([N+](=O)[O-])cc1Cl. The lowest BCUT2D eigenvalue weighted by atomic mass is 10.1. The normalized spacial score (nSPS) is 11.9. The van der Waals surface area contributed by atoms with E-state index in [9.17, 15) is 14.9 Å². The van der Waals surface area contributed by atoms with Crippen LogP contribution in [-0.2, 0) is 0 Å². The Morgan fingerprint density at radius 1 is 1.58 bits per heavy atom. The minimum absolute atomic E-state index is 0.0426. The molecule has 0 radical (unpaired) electrons. The molecule has 1 rings (SSSR count). The van der Waals surface area contributed by atoms with Crippen molar-refractivity contribution in [3.63, 3.8) is 0 Å². The summed E-state index contributed by atoms with van der Waals surface area (Å²) in [4.78, 5) is 21.9. The molecule has 104 valence electrons. The summed E-state index contributed by atoms with van der Waals surface area (Å²) < 4.78 is 0. The fraction of sp³-hybridized carbons (Fsp3) is 0.417. The van der Waals surface area contributed by atoms with Gasteiger partial charge in [0.1, 0.15) is 0 Å². The molecule has 0 aromatic heterocycles. The number of halogens is 1. The molecule has 0 aliphatic heterocycles. The number of nitro groups is 1. The summed E-state index contributed by atoms with van der Waals surface area (Å²) in [6, 6.07) is 3.61. The topological polar surface area (TPSA) is 92.5 Å². The smallest absolute Gasteiger partial charge is 0.270 e. The molecule has 1 unspecified atom stereocenters. The molecule has 0 bridgehead atoms. The summed E-state index contributed by atoms with van der Waals surface area (Å²) in [5.41, 5.74) is 0.0398. The zero-order valence-corrected chi connectivity index (χ0v) is 11.2. The largest absolute Gasteiger partial charge is 0.396 e. The van der Waals surface area contributed by atoms with Gasteiger partial charge in [-0.05, 0) is 25.8 Å². The van der Waals surface area contributed by atoms with E-state index >= 15 is 0 Å². The number of hydrogen-bond donors (Lipinski definition) is 2. The summed E-state index contributed by atoms with van der Waals surface area (Å²) in [5, 5.41) is 22.0. The second-order valence-corrected chi connectivity index (χ2v) is 4.57. The quantitative estimate of drug-likeness (QED) is 0.619. The molecule has 2 N–H and O–H groups in total. The highest BCUT2D eigenvalue weighted by Gasteiger charge is 2.16. The van der Waals surface area contributed by atoms with E-state index in [1.165, 1.54) is 12.1 Å². The molecule has 0 aliphatic carbocycles. The van der Waals surface area contributed by atoms with Crippen LogP contribution in [0.5, 0.6) is 0 Å². The molecule has 1 aromatic rings. The lowest BCUT2D eigenvalue weighted by molar-refractivity contribution is -0.384. The van der Waals surface area contributed by atoms with E-state index in [1.54, 1.807) is 0 Å². The maximum atomic E-state index is 11.9. The summed E-state index contributed by atoms with van der Waals surface area (Å²) in [5.74, 6) is -0.384. The number of carbonyl (C=O) groups is 1. The van der Waals surface area contributed by atoms with Crippen LogP contribution in [0, 0.1) is 10.1 Å². The molecule has 0 saturated carbocycles. The Balaban J connectivity index is 2.74. The zero-order chi connectivity index (χ0) is 14.4. The molecule has 0 aliphatic rings. The van der Waals surface area contributed by atoms with Gasteiger partial charge in [0.05, 0.1) is 15.5 Å². The summed E-state index contributed by atoms with van der Waals surface area (Å²) in [6.07, 6.45) is 1.24. The van der Waals surface area contributed by atoms with E-state index in [0.29, 0.717) is 12.8 Å². The minimum atomic E-state index is -0.572. The minimum Gasteiger partial charge on any atom is -0.396 e. The summed E-state index contributed by atoms with van der Waals surface area (Å²) >= 11 is 5.85. The van der Waals surface area contributed by atoms with Gasteiger partial charge in [-0.3, -0.25) is 14.9 Å². The Bertz CT molecular complexity index is 479. The summed E-state index contributed by atoms with van der Waals surface area (Å²) in [7, 11) is 0. The second-order valence-electron chi connectivity index (χ2n) is 4.16. The molecule has 0 saturated heterocycles.